The second-order valence-corrected chi connectivity index (χ2v) is 3.51. The van der Waals surface area contributed by atoms with Gasteiger partial charge < -0.3 is 10.6 Å². The molecule has 0 spiro atoms. The Morgan fingerprint density at radius 3 is 1.62 bits per heavy atom. The summed E-state index contributed by atoms with van der Waals surface area (Å²) < 4.78 is 0. The molecule has 0 rings (SSSR count). The van der Waals surface area contributed by atoms with E-state index in [0.29, 0.717) is 37.1 Å². The molecule has 0 heterocycles. The largest absolute Gasteiger partial charge is 0.366 e. The first-order valence-corrected chi connectivity index (χ1v) is 5.84. The molecule has 0 aliphatic carbocycles. The predicted octanol–water partition coefficient (Wildman–Crippen LogP) is 1.46. The molecular weight excluding hydrogens is 204 g/mol. The molecule has 2 N–H and O–H groups in total. The molecule has 0 fully saturated rings. The van der Waals surface area contributed by atoms with Crippen LogP contribution < -0.4 is 5.73 Å². The Labute approximate surface area is 97.5 Å². The monoisotopic (exact) mass is 226 g/mol. The number of rotatable bonds is 6. The van der Waals surface area contributed by atoms with Gasteiger partial charge in [0.1, 0.15) is 0 Å². The normalized spacial score (nSPS) is 12.0. The van der Waals surface area contributed by atoms with Gasteiger partial charge in [-0.3, -0.25) is 9.59 Å². The topological polar surface area (TPSA) is 63.4 Å². The third kappa shape index (κ3) is 3.36. The smallest absolute Gasteiger partial charge is 0.250 e. The van der Waals surface area contributed by atoms with Crippen molar-refractivity contribution in [1.29, 1.82) is 0 Å². The number of carbonyl (C=O) groups excluding carboxylic acids is 2. The number of hydrogen-bond donors (Lipinski definition) is 1. The van der Waals surface area contributed by atoms with Crippen molar-refractivity contribution in [3.63, 3.8) is 0 Å². The molecule has 4 nitrogen and oxygen atoms in total. The third-order valence-corrected chi connectivity index (χ3v) is 2.68. The quantitative estimate of drug-likeness (QED) is 0.697. The van der Waals surface area contributed by atoms with E-state index >= 15 is 0 Å². The zero-order valence-corrected chi connectivity index (χ0v) is 10.7. The summed E-state index contributed by atoms with van der Waals surface area (Å²) in [5.74, 6) is -0.553. The molecule has 2 amide bonds. The molecule has 0 saturated heterocycles. The zero-order valence-electron chi connectivity index (χ0n) is 10.7. The first kappa shape index (κ1) is 14.7. The summed E-state index contributed by atoms with van der Waals surface area (Å²) in [7, 11) is 0. The van der Waals surface area contributed by atoms with Crippen molar-refractivity contribution in [3.8, 4) is 0 Å². The summed E-state index contributed by atoms with van der Waals surface area (Å²) in [6.45, 7) is 8.85. The van der Waals surface area contributed by atoms with Crippen LogP contribution in [0.3, 0.4) is 0 Å². The zero-order chi connectivity index (χ0) is 12.7. The highest BCUT2D eigenvalue weighted by molar-refractivity contribution is 6.04. The predicted molar refractivity (Wildman–Crippen MR) is 64.7 cm³/mol. The highest BCUT2D eigenvalue weighted by Gasteiger charge is 2.19. The van der Waals surface area contributed by atoms with Gasteiger partial charge in [0.05, 0.1) is 0 Å². The molecule has 0 aromatic heterocycles. The highest BCUT2D eigenvalue weighted by Crippen LogP contribution is 2.15. The van der Waals surface area contributed by atoms with Crippen LogP contribution in [0, 0.1) is 0 Å². The molecule has 4 heteroatoms. The minimum atomic E-state index is -0.486. The van der Waals surface area contributed by atoms with E-state index in [1.54, 1.807) is 4.90 Å². The summed E-state index contributed by atoms with van der Waals surface area (Å²) in [6.07, 6.45) is 1.05. The standard InChI is InChI=1S/C12H22N2O2/c1-5-9(11(13)15)10(6-2)12(16)14(7-3)8-4/h5-8H2,1-4H3,(H2,13,15). The number of carbonyl (C=O) groups is 2. The van der Waals surface area contributed by atoms with Gasteiger partial charge in [-0.2, -0.15) is 0 Å². The van der Waals surface area contributed by atoms with Crippen LogP contribution in [0.5, 0.6) is 0 Å². The lowest BCUT2D eigenvalue weighted by molar-refractivity contribution is -0.127. The van der Waals surface area contributed by atoms with Crippen LogP contribution in [-0.2, 0) is 9.59 Å². The lowest BCUT2D eigenvalue weighted by Gasteiger charge is -2.21. The van der Waals surface area contributed by atoms with Gasteiger partial charge in [-0.05, 0) is 26.7 Å². The molecule has 0 bridgehead atoms. The van der Waals surface area contributed by atoms with Gasteiger partial charge in [0.25, 0.3) is 0 Å². The second-order valence-electron chi connectivity index (χ2n) is 3.51. The molecule has 92 valence electrons. The molecule has 0 saturated carbocycles. The first-order chi connectivity index (χ1) is 7.53. The van der Waals surface area contributed by atoms with Crippen LogP contribution in [0.25, 0.3) is 0 Å². The Kier molecular flexibility index (Phi) is 6.46. The Bertz CT molecular complexity index is 291. The minimum absolute atomic E-state index is 0.0665. The van der Waals surface area contributed by atoms with Crippen molar-refractivity contribution < 1.29 is 9.59 Å². The fourth-order valence-corrected chi connectivity index (χ4v) is 1.73. The number of amides is 2. The fraction of sp³-hybridized carbons (Fsp3) is 0.667. The van der Waals surface area contributed by atoms with Gasteiger partial charge >= 0.3 is 0 Å². The van der Waals surface area contributed by atoms with Crippen molar-refractivity contribution in [2.75, 3.05) is 13.1 Å². The molecule has 0 aliphatic rings. The van der Waals surface area contributed by atoms with Gasteiger partial charge in [0, 0.05) is 24.2 Å². The van der Waals surface area contributed by atoms with Gasteiger partial charge in [-0.25, -0.2) is 0 Å². The number of primary amides is 1. The van der Waals surface area contributed by atoms with Crippen LogP contribution in [0.15, 0.2) is 11.1 Å². The third-order valence-electron chi connectivity index (χ3n) is 2.68. The van der Waals surface area contributed by atoms with E-state index in [2.05, 4.69) is 0 Å². The molecule has 0 unspecified atom stereocenters. The lowest BCUT2D eigenvalue weighted by atomic mass is 10.0. The molecule has 0 aliphatic heterocycles. The van der Waals surface area contributed by atoms with E-state index in [1.165, 1.54) is 0 Å². The Hall–Kier alpha value is -1.32. The number of likely N-dealkylation sites (N-methyl/N-ethyl adjacent to an activating group) is 1. The Morgan fingerprint density at radius 1 is 0.938 bits per heavy atom. The van der Waals surface area contributed by atoms with Gasteiger partial charge in [0.15, 0.2) is 0 Å². The highest BCUT2D eigenvalue weighted by atomic mass is 16.2. The SMILES string of the molecule is CCC(C(N)=O)=C(CC)C(=O)N(CC)CC. The minimum Gasteiger partial charge on any atom is -0.366 e. The molecule has 16 heavy (non-hydrogen) atoms. The van der Waals surface area contributed by atoms with E-state index in [9.17, 15) is 9.59 Å². The van der Waals surface area contributed by atoms with E-state index in [4.69, 9.17) is 5.73 Å². The van der Waals surface area contributed by atoms with Crippen LogP contribution in [0.4, 0.5) is 0 Å². The van der Waals surface area contributed by atoms with Gasteiger partial charge in [0.2, 0.25) is 11.8 Å². The van der Waals surface area contributed by atoms with E-state index < -0.39 is 5.91 Å². The van der Waals surface area contributed by atoms with Crippen LogP contribution >= 0.6 is 0 Å². The average Bonchev–Trinajstić information content (AvgIpc) is 2.26. The van der Waals surface area contributed by atoms with Gasteiger partial charge in [-0.1, -0.05) is 13.8 Å². The van der Waals surface area contributed by atoms with Crippen molar-refractivity contribution in [3.05, 3.63) is 11.1 Å². The summed E-state index contributed by atoms with van der Waals surface area (Å²) in [5.41, 5.74) is 6.29. The molecule has 0 aromatic rings. The van der Waals surface area contributed by atoms with Crippen molar-refractivity contribution in [1.82, 2.24) is 4.90 Å². The van der Waals surface area contributed by atoms with Crippen molar-refractivity contribution in [2.45, 2.75) is 40.5 Å². The van der Waals surface area contributed by atoms with Crippen LogP contribution in [-0.4, -0.2) is 29.8 Å². The Morgan fingerprint density at radius 2 is 1.38 bits per heavy atom. The summed E-state index contributed by atoms with van der Waals surface area (Å²) in [4.78, 5) is 25.0. The molecule has 0 radical (unpaired) electrons. The van der Waals surface area contributed by atoms with Crippen LogP contribution in [0.2, 0.25) is 0 Å². The number of hydrogen-bond acceptors (Lipinski definition) is 2. The van der Waals surface area contributed by atoms with E-state index in [-0.39, 0.29) is 5.91 Å². The molecule has 0 aromatic carbocycles. The lowest BCUT2D eigenvalue weighted by Crippen LogP contribution is -2.33. The van der Waals surface area contributed by atoms with Crippen molar-refractivity contribution in [2.24, 2.45) is 5.73 Å². The molecule has 0 atom stereocenters. The Balaban J connectivity index is 5.25. The first-order valence-electron chi connectivity index (χ1n) is 5.84. The van der Waals surface area contributed by atoms with E-state index in [1.807, 2.05) is 27.7 Å². The van der Waals surface area contributed by atoms with Crippen LogP contribution in [0.1, 0.15) is 40.5 Å². The summed E-state index contributed by atoms with van der Waals surface area (Å²) >= 11 is 0. The summed E-state index contributed by atoms with van der Waals surface area (Å²) in [6, 6.07) is 0. The average molecular weight is 226 g/mol. The number of nitrogens with zero attached hydrogens (tertiary/aromatic N) is 1. The molecular formula is C12H22N2O2. The van der Waals surface area contributed by atoms with Gasteiger partial charge in [-0.15, -0.1) is 0 Å². The maximum absolute atomic E-state index is 12.1. The maximum atomic E-state index is 12.1. The van der Waals surface area contributed by atoms with E-state index in [0.717, 1.165) is 0 Å². The summed E-state index contributed by atoms with van der Waals surface area (Å²) in [5, 5.41) is 0. The van der Waals surface area contributed by atoms with Crippen molar-refractivity contribution >= 4 is 11.8 Å². The fourth-order valence-electron chi connectivity index (χ4n) is 1.73. The maximum Gasteiger partial charge on any atom is 0.250 e. The number of nitrogens with two attached hydrogens (primary N) is 1. The second kappa shape index (κ2) is 7.04.